The molecule has 40 heavy (non-hydrogen) atoms. The van der Waals surface area contributed by atoms with Gasteiger partial charge in [0.2, 0.25) is 15.9 Å². The van der Waals surface area contributed by atoms with Crippen molar-refractivity contribution >= 4 is 32.8 Å². The Balaban J connectivity index is 1.25. The van der Waals surface area contributed by atoms with Crippen LogP contribution in [0.25, 0.3) is 22.3 Å². The number of fused-ring (bicyclic) bond motifs is 2. The van der Waals surface area contributed by atoms with E-state index in [2.05, 4.69) is 21.3 Å². The zero-order valence-corrected chi connectivity index (χ0v) is 22.9. The van der Waals surface area contributed by atoms with Gasteiger partial charge in [0.05, 0.1) is 16.3 Å². The molecule has 2 aromatic heterocycles. The highest BCUT2D eigenvalue weighted by atomic mass is 32.2. The number of aryl methyl sites for hydroxylation is 1. The second-order valence-electron chi connectivity index (χ2n) is 10.3. The number of aromatic nitrogens is 4. The number of anilines is 1. The number of carbonyl (C=O) groups is 1. The smallest absolute Gasteiger partial charge is 0.246 e. The number of sulfonamides is 1. The first kappa shape index (κ1) is 26.1. The summed E-state index contributed by atoms with van der Waals surface area (Å²) in [5, 5.41) is 5.56. The van der Waals surface area contributed by atoms with Crippen LogP contribution in [0.5, 0.6) is 0 Å². The number of hydrogen-bond acceptors (Lipinski definition) is 7. The Morgan fingerprint density at radius 3 is 2.75 bits per heavy atom. The summed E-state index contributed by atoms with van der Waals surface area (Å²) in [5.74, 6) is 0.228. The molecule has 4 aromatic rings. The Bertz CT molecular complexity index is 1710. The standard InChI is InChI=1S/C29H31N7O3S/c1-2-25(37)35-15-5-8-22(17-35)36-29-26(28(30)31-18-32-29)27(34-36)21-13-11-19(12-14-21)16-33-40(38,39)24-10-4-7-20-6-3-9-23(20)24/h2,4,7,10-14,18,22,33H,1,3,5-6,8-9,15-17H2,(H2,30,31,32). The summed E-state index contributed by atoms with van der Waals surface area (Å²) in [5.41, 5.74) is 11.2. The number of benzene rings is 2. The Morgan fingerprint density at radius 2 is 1.95 bits per heavy atom. The molecular formula is C29H31N7O3S. The summed E-state index contributed by atoms with van der Waals surface area (Å²) in [6.07, 6.45) is 7.15. The van der Waals surface area contributed by atoms with E-state index < -0.39 is 10.0 Å². The van der Waals surface area contributed by atoms with E-state index in [1.807, 2.05) is 41.1 Å². The van der Waals surface area contributed by atoms with Gasteiger partial charge in [0.25, 0.3) is 0 Å². The maximum Gasteiger partial charge on any atom is 0.246 e. The lowest BCUT2D eigenvalue weighted by Gasteiger charge is -2.32. The lowest BCUT2D eigenvalue weighted by Crippen LogP contribution is -2.40. The van der Waals surface area contributed by atoms with E-state index in [-0.39, 0.29) is 18.5 Å². The number of nitrogens with one attached hydrogen (secondary N) is 1. The molecule has 1 unspecified atom stereocenters. The van der Waals surface area contributed by atoms with E-state index in [0.29, 0.717) is 40.5 Å². The van der Waals surface area contributed by atoms with Gasteiger partial charge >= 0.3 is 0 Å². The summed E-state index contributed by atoms with van der Waals surface area (Å²) in [6, 6.07) is 13.0. The zero-order chi connectivity index (χ0) is 27.9. The van der Waals surface area contributed by atoms with Crippen molar-refractivity contribution < 1.29 is 13.2 Å². The minimum absolute atomic E-state index is 0.0590. The van der Waals surface area contributed by atoms with Crippen molar-refractivity contribution in [1.29, 1.82) is 0 Å². The van der Waals surface area contributed by atoms with Gasteiger partial charge in [-0.15, -0.1) is 0 Å². The fraction of sp³-hybridized carbons (Fsp3) is 0.310. The second-order valence-corrected chi connectivity index (χ2v) is 12.0. The minimum atomic E-state index is -3.64. The van der Waals surface area contributed by atoms with Crippen LogP contribution >= 0.6 is 0 Å². The van der Waals surface area contributed by atoms with E-state index in [4.69, 9.17) is 10.8 Å². The van der Waals surface area contributed by atoms with E-state index in [9.17, 15) is 13.2 Å². The Labute approximate surface area is 233 Å². The SMILES string of the molecule is C=CC(=O)N1CCCC(n2nc(-c3ccc(CNS(=O)(=O)c4cccc5c4CCC5)cc3)c3c(N)ncnc32)C1. The van der Waals surface area contributed by atoms with Crippen LogP contribution in [-0.4, -0.2) is 52.1 Å². The average molecular weight is 558 g/mol. The number of nitrogens with zero attached hydrogens (tertiary/aromatic N) is 5. The van der Waals surface area contributed by atoms with Gasteiger partial charge in [-0.3, -0.25) is 4.79 Å². The lowest BCUT2D eigenvalue weighted by atomic mass is 10.1. The molecule has 11 heteroatoms. The van der Waals surface area contributed by atoms with Crippen molar-refractivity contribution in [2.45, 2.75) is 49.6 Å². The molecule has 2 aliphatic rings. The molecule has 206 valence electrons. The summed E-state index contributed by atoms with van der Waals surface area (Å²) >= 11 is 0. The number of piperidine rings is 1. The highest BCUT2D eigenvalue weighted by Crippen LogP contribution is 2.34. The Hall–Kier alpha value is -4.09. The van der Waals surface area contributed by atoms with Crippen LogP contribution in [0.4, 0.5) is 5.82 Å². The number of carbonyl (C=O) groups excluding carboxylic acids is 1. The third-order valence-corrected chi connectivity index (χ3v) is 9.32. The van der Waals surface area contributed by atoms with E-state index in [1.165, 1.54) is 12.4 Å². The molecule has 1 amide bonds. The van der Waals surface area contributed by atoms with Gasteiger partial charge in [-0.05, 0) is 60.9 Å². The van der Waals surface area contributed by atoms with Gasteiger partial charge in [-0.2, -0.15) is 5.10 Å². The molecule has 1 aliphatic heterocycles. The van der Waals surface area contributed by atoms with Crippen molar-refractivity contribution in [2.75, 3.05) is 18.8 Å². The quantitative estimate of drug-likeness (QED) is 0.333. The van der Waals surface area contributed by atoms with Crippen LogP contribution in [0.3, 0.4) is 0 Å². The number of nitrogen functional groups attached to an aromatic ring is 1. The van der Waals surface area contributed by atoms with Crippen LogP contribution in [0.2, 0.25) is 0 Å². The molecule has 1 saturated heterocycles. The molecule has 3 N–H and O–H groups in total. The van der Waals surface area contributed by atoms with Crippen LogP contribution < -0.4 is 10.5 Å². The third-order valence-electron chi connectivity index (χ3n) is 7.83. The first-order valence-electron chi connectivity index (χ1n) is 13.5. The molecule has 0 radical (unpaired) electrons. The molecule has 10 nitrogen and oxygen atoms in total. The lowest BCUT2D eigenvalue weighted by molar-refractivity contribution is -0.127. The Kier molecular flexibility index (Phi) is 6.85. The van der Waals surface area contributed by atoms with Crippen LogP contribution in [-0.2, 0) is 34.2 Å². The van der Waals surface area contributed by atoms with Crippen molar-refractivity contribution in [3.63, 3.8) is 0 Å². The molecule has 0 bridgehead atoms. The van der Waals surface area contributed by atoms with Crippen LogP contribution in [0.15, 0.2) is 66.3 Å². The number of likely N-dealkylation sites (tertiary alicyclic amines) is 1. The minimum Gasteiger partial charge on any atom is -0.383 e. The largest absolute Gasteiger partial charge is 0.383 e. The summed E-state index contributed by atoms with van der Waals surface area (Å²) in [7, 11) is -3.64. The van der Waals surface area contributed by atoms with Crippen molar-refractivity contribution in [2.24, 2.45) is 0 Å². The number of nitrogens with two attached hydrogens (primary N) is 1. The molecule has 0 saturated carbocycles. The molecule has 1 aliphatic carbocycles. The first-order chi connectivity index (χ1) is 19.4. The second kappa shape index (κ2) is 10.5. The molecule has 2 aromatic carbocycles. The van der Waals surface area contributed by atoms with Crippen LogP contribution in [0.1, 0.15) is 42.0 Å². The van der Waals surface area contributed by atoms with E-state index in [1.54, 1.807) is 11.0 Å². The van der Waals surface area contributed by atoms with Crippen molar-refractivity contribution in [3.05, 3.63) is 78.1 Å². The van der Waals surface area contributed by atoms with E-state index >= 15 is 0 Å². The van der Waals surface area contributed by atoms with E-state index in [0.717, 1.165) is 54.4 Å². The number of hydrogen-bond donors (Lipinski definition) is 2. The van der Waals surface area contributed by atoms with Gasteiger partial charge in [0.1, 0.15) is 17.8 Å². The van der Waals surface area contributed by atoms with Crippen molar-refractivity contribution in [1.82, 2.24) is 29.4 Å². The van der Waals surface area contributed by atoms with Gasteiger partial charge in [-0.1, -0.05) is 43.0 Å². The predicted octanol–water partition coefficient (Wildman–Crippen LogP) is 3.39. The molecule has 6 rings (SSSR count). The van der Waals surface area contributed by atoms with Crippen LogP contribution in [0, 0.1) is 0 Å². The molecular weight excluding hydrogens is 526 g/mol. The zero-order valence-electron chi connectivity index (χ0n) is 22.1. The predicted molar refractivity (Wildman–Crippen MR) is 153 cm³/mol. The van der Waals surface area contributed by atoms with Gasteiger partial charge < -0.3 is 10.6 Å². The molecule has 3 heterocycles. The average Bonchev–Trinajstić information content (AvgIpc) is 3.62. The van der Waals surface area contributed by atoms with Gasteiger partial charge in [0, 0.05) is 25.2 Å². The molecule has 1 atom stereocenters. The fourth-order valence-corrected chi connectivity index (χ4v) is 7.14. The monoisotopic (exact) mass is 557 g/mol. The first-order valence-corrected chi connectivity index (χ1v) is 14.9. The Morgan fingerprint density at radius 1 is 1.12 bits per heavy atom. The summed E-state index contributed by atoms with van der Waals surface area (Å²) < 4.78 is 30.8. The third kappa shape index (κ3) is 4.75. The molecule has 1 fully saturated rings. The number of rotatable bonds is 7. The normalized spacial score (nSPS) is 17.2. The molecule has 0 spiro atoms. The van der Waals surface area contributed by atoms with Gasteiger partial charge in [-0.25, -0.2) is 27.8 Å². The topological polar surface area (TPSA) is 136 Å². The summed E-state index contributed by atoms with van der Waals surface area (Å²) in [6.45, 7) is 4.97. The van der Waals surface area contributed by atoms with Crippen molar-refractivity contribution in [3.8, 4) is 11.3 Å². The number of amides is 1. The fourth-order valence-electron chi connectivity index (χ4n) is 5.81. The van der Waals surface area contributed by atoms with Gasteiger partial charge in [0.15, 0.2) is 5.65 Å². The maximum atomic E-state index is 13.1. The maximum absolute atomic E-state index is 13.1. The highest BCUT2D eigenvalue weighted by Gasteiger charge is 2.28. The summed E-state index contributed by atoms with van der Waals surface area (Å²) in [4.78, 5) is 23.1. The highest BCUT2D eigenvalue weighted by molar-refractivity contribution is 7.89.